The molecule has 0 aliphatic rings. The summed E-state index contributed by atoms with van der Waals surface area (Å²) in [5, 5.41) is 0. The predicted molar refractivity (Wildman–Crippen MR) is 72.9 cm³/mol. The number of anilines is 1. The summed E-state index contributed by atoms with van der Waals surface area (Å²) >= 11 is 1.62. The second kappa shape index (κ2) is 5.40. The number of rotatable bonds is 3. The van der Waals surface area contributed by atoms with Gasteiger partial charge in [0.2, 0.25) is 0 Å². The summed E-state index contributed by atoms with van der Waals surface area (Å²) < 4.78 is 38.2. The van der Waals surface area contributed by atoms with E-state index >= 15 is 0 Å². The molecule has 0 aromatic carbocycles. The van der Waals surface area contributed by atoms with Crippen molar-refractivity contribution >= 4 is 17.2 Å². The molecule has 0 unspecified atom stereocenters. The number of nitrogens with zero attached hydrogens (tertiary/aromatic N) is 3. The van der Waals surface area contributed by atoms with Gasteiger partial charge in [-0.1, -0.05) is 0 Å². The Balaban J connectivity index is 2.25. The van der Waals surface area contributed by atoms with Crippen LogP contribution in [-0.4, -0.2) is 17.0 Å². The fourth-order valence-corrected chi connectivity index (χ4v) is 2.72. The quantitative estimate of drug-likeness (QED) is 0.863. The molecule has 20 heavy (non-hydrogen) atoms. The number of thiophene rings is 1. The molecular formula is C13H14F3N3S. The molecule has 0 N–H and O–H groups in total. The molecule has 2 aromatic rings. The third-order valence-electron chi connectivity index (χ3n) is 2.69. The highest BCUT2D eigenvalue weighted by Gasteiger charge is 2.33. The molecule has 0 aliphatic heterocycles. The van der Waals surface area contributed by atoms with Crippen LogP contribution >= 0.6 is 11.3 Å². The number of hydrogen-bond donors (Lipinski definition) is 0. The second-order valence-corrected chi connectivity index (χ2v) is 5.90. The van der Waals surface area contributed by atoms with Crippen molar-refractivity contribution in [2.75, 3.05) is 11.9 Å². The molecule has 0 bridgehead atoms. The zero-order valence-electron chi connectivity index (χ0n) is 11.3. The molecule has 0 amide bonds. The van der Waals surface area contributed by atoms with Gasteiger partial charge in [0.15, 0.2) is 0 Å². The van der Waals surface area contributed by atoms with Crippen LogP contribution in [0.2, 0.25) is 0 Å². The molecule has 2 heterocycles. The largest absolute Gasteiger partial charge is 0.433 e. The minimum atomic E-state index is -4.46. The van der Waals surface area contributed by atoms with E-state index in [9.17, 15) is 13.2 Å². The summed E-state index contributed by atoms with van der Waals surface area (Å²) in [5.41, 5.74) is -0.908. The first-order chi connectivity index (χ1) is 9.25. The molecule has 0 spiro atoms. The standard InChI is InChI=1S/C13H14F3N3S/c1-8-4-5-10(20-8)7-19(3)12-6-11(13(14,15)16)17-9(2)18-12/h4-6H,7H2,1-3H3. The zero-order chi connectivity index (χ0) is 14.9. The van der Waals surface area contributed by atoms with E-state index in [0.717, 1.165) is 10.9 Å². The Labute approximate surface area is 119 Å². The number of alkyl halides is 3. The molecule has 0 atom stereocenters. The Morgan fingerprint density at radius 2 is 1.90 bits per heavy atom. The summed E-state index contributed by atoms with van der Waals surface area (Å²) in [6, 6.07) is 4.93. The fourth-order valence-electron chi connectivity index (χ4n) is 1.78. The van der Waals surface area contributed by atoms with Crippen LogP contribution in [0, 0.1) is 13.8 Å². The first-order valence-corrected chi connectivity index (χ1v) is 6.76. The minimum Gasteiger partial charge on any atom is -0.354 e. The monoisotopic (exact) mass is 301 g/mol. The molecule has 2 aromatic heterocycles. The summed E-state index contributed by atoms with van der Waals surface area (Å²) in [4.78, 5) is 11.4. The maximum Gasteiger partial charge on any atom is 0.433 e. The van der Waals surface area contributed by atoms with Crippen molar-refractivity contribution in [3.05, 3.63) is 39.5 Å². The number of aromatic nitrogens is 2. The van der Waals surface area contributed by atoms with E-state index in [2.05, 4.69) is 9.97 Å². The smallest absolute Gasteiger partial charge is 0.354 e. The van der Waals surface area contributed by atoms with Gasteiger partial charge < -0.3 is 4.90 Å². The van der Waals surface area contributed by atoms with E-state index in [1.807, 2.05) is 19.1 Å². The van der Waals surface area contributed by atoms with E-state index in [-0.39, 0.29) is 11.6 Å². The van der Waals surface area contributed by atoms with Crippen molar-refractivity contribution in [3.8, 4) is 0 Å². The molecule has 108 valence electrons. The van der Waals surface area contributed by atoms with E-state index in [4.69, 9.17) is 0 Å². The Hall–Kier alpha value is -1.63. The SMILES string of the molecule is Cc1nc(N(C)Cc2ccc(C)s2)cc(C(F)(F)F)n1. The highest BCUT2D eigenvalue weighted by Crippen LogP contribution is 2.30. The Morgan fingerprint density at radius 1 is 1.20 bits per heavy atom. The molecule has 2 rings (SSSR count). The highest BCUT2D eigenvalue weighted by molar-refractivity contribution is 7.11. The van der Waals surface area contributed by atoms with E-state index in [1.165, 1.54) is 11.8 Å². The maximum absolute atomic E-state index is 12.7. The van der Waals surface area contributed by atoms with Crippen LogP contribution in [0.15, 0.2) is 18.2 Å². The fraction of sp³-hybridized carbons (Fsp3) is 0.385. The summed E-state index contributed by atoms with van der Waals surface area (Å²) in [5.74, 6) is 0.389. The molecule has 7 heteroatoms. The van der Waals surface area contributed by atoms with Crippen LogP contribution in [0.4, 0.5) is 19.0 Å². The van der Waals surface area contributed by atoms with Crippen LogP contribution in [-0.2, 0) is 12.7 Å². The maximum atomic E-state index is 12.7. The summed E-state index contributed by atoms with van der Waals surface area (Å²) in [6.07, 6.45) is -4.46. The lowest BCUT2D eigenvalue weighted by Gasteiger charge is -2.19. The van der Waals surface area contributed by atoms with Crippen molar-refractivity contribution < 1.29 is 13.2 Å². The van der Waals surface area contributed by atoms with Gasteiger partial charge in [0.1, 0.15) is 17.3 Å². The number of halogens is 3. The molecule has 3 nitrogen and oxygen atoms in total. The topological polar surface area (TPSA) is 29.0 Å². The van der Waals surface area contributed by atoms with E-state index in [1.54, 1.807) is 23.3 Å². The number of hydrogen-bond acceptors (Lipinski definition) is 4. The van der Waals surface area contributed by atoms with Gasteiger partial charge in [0.25, 0.3) is 0 Å². The average molecular weight is 301 g/mol. The van der Waals surface area contributed by atoms with Gasteiger partial charge >= 0.3 is 6.18 Å². The molecule has 0 radical (unpaired) electrons. The van der Waals surface area contributed by atoms with Crippen molar-refractivity contribution in [2.45, 2.75) is 26.6 Å². The van der Waals surface area contributed by atoms with Gasteiger partial charge in [0.05, 0.1) is 6.54 Å². The van der Waals surface area contributed by atoms with Crippen molar-refractivity contribution in [1.82, 2.24) is 9.97 Å². The van der Waals surface area contributed by atoms with Gasteiger partial charge in [-0.05, 0) is 26.0 Å². The molecule has 0 fully saturated rings. The lowest BCUT2D eigenvalue weighted by Crippen LogP contribution is -2.19. The van der Waals surface area contributed by atoms with Crippen LogP contribution in [0.1, 0.15) is 21.3 Å². The zero-order valence-corrected chi connectivity index (χ0v) is 12.1. The van der Waals surface area contributed by atoms with E-state index in [0.29, 0.717) is 6.54 Å². The third kappa shape index (κ3) is 3.47. The highest BCUT2D eigenvalue weighted by atomic mass is 32.1. The average Bonchev–Trinajstić information content (AvgIpc) is 2.72. The van der Waals surface area contributed by atoms with Crippen molar-refractivity contribution in [3.63, 3.8) is 0 Å². The van der Waals surface area contributed by atoms with Crippen molar-refractivity contribution in [2.24, 2.45) is 0 Å². The lowest BCUT2D eigenvalue weighted by atomic mass is 10.3. The summed E-state index contributed by atoms with van der Waals surface area (Å²) in [7, 11) is 1.72. The van der Waals surface area contributed by atoms with Crippen LogP contribution in [0.3, 0.4) is 0 Å². The molecule has 0 saturated carbocycles. The van der Waals surface area contributed by atoms with Gasteiger partial charge in [0, 0.05) is 22.9 Å². The third-order valence-corrected chi connectivity index (χ3v) is 3.68. The van der Waals surface area contributed by atoms with Gasteiger partial charge in [-0.25, -0.2) is 9.97 Å². The minimum absolute atomic E-state index is 0.115. The first kappa shape index (κ1) is 14.8. The predicted octanol–water partition coefficient (Wildman–Crippen LogP) is 3.81. The number of aryl methyl sites for hydroxylation is 2. The first-order valence-electron chi connectivity index (χ1n) is 5.95. The Bertz CT molecular complexity index is 607. The Kier molecular flexibility index (Phi) is 3.99. The van der Waals surface area contributed by atoms with Crippen LogP contribution in [0.25, 0.3) is 0 Å². The lowest BCUT2D eigenvalue weighted by molar-refractivity contribution is -0.141. The molecular weight excluding hydrogens is 287 g/mol. The van der Waals surface area contributed by atoms with E-state index < -0.39 is 11.9 Å². The van der Waals surface area contributed by atoms with Gasteiger partial charge in [-0.2, -0.15) is 13.2 Å². The van der Waals surface area contributed by atoms with Crippen LogP contribution in [0.5, 0.6) is 0 Å². The Morgan fingerprint density at radius 3 is 2.45 bits per heavy atom. The molecule has 0 saturated heterocycles. The normalized spacial score (nSPS) is 11.7. The van der Waals surface area contributed by atoms with Gasteiger partial charge in [-0.3, -0.25) is 0 Å². The van der Waals surface area contributed by atoms with Crippen molar-refractivity contribution in [1.29, 1.82) is 0 Å². The summed E-state index contributed by atoms with van der Waals surface area (Å²) in [6.45, 7) is 3.97. The van der Waals surface area contributed by atoms with Crippen LogP contribution < -0.4 is 4.90 Å². The second-order valence-electron chi connectivity index (χ2n) is 4.52. The molecule has 0 aliphatic carbocycles. The van der Waals surface area contributed by atoms with Gasteiger partial charge in [-0.15, -0.1) is 11.3 Å².